The van der Waals surface area contributed by atoms with Gasteiger partial charge in [-0.2, -0.15) is 0 Å². The van der Waals surface area contributed by atoms with Crippen LogP contribution in [0.4, 0.5) is 5.69 Å². The number of nitrogens with two attached hydrogens (primary N) is 1. The second-order valence-corrected chi connectivity index (χ2v) is 5.37. The van der Waals surface area contributed by atoms with Crippen molar-refractivity contribution < 1.29 is 8.95 Å². The molecule has 0 saturated heterocycles. The topological polar surface area (TPSA) is 52.3 Å². The van der Waals surface area contributed by atoms with Gasteiger partial charge >= 0.3 is 0 Å². The van der Waals surface area contributed by atoms with Gasteiger partial charge in [-0.05, 0) is 35.9 Å². The van der Waals surface area contributed by atoms with E-state index in [2.05, 4.69) is 0 Å². The summed E-state index contributed by atoms with van der Waals surface area (Å²) in [5.74, 6) is 1.23. The molecule has 0 fully saturated rings. The molecular weight excluding hydrogens is 246 g/mol. The number of hydrogen-bond acceptors (Lipinski definition) is 3. The lowest BCUT2D eigenvalue weighted by atomic mass is 10.2. The third-order valence-electron chi connectivity index (χ3n) is 2.55. The molecule has 0 spiro atoms. The van der Waals surface area contributed by atoms with Crippen molar-refractivity contribution >= 4 is 16.5 Å². The molecule has 1 atom stereocenters. The van der Waals surface area contributed by atoms with Crippen molar-refractivity contribution in [3.8, 4) is 5.75 Å². The molecule has 4 heteroatoms. The fourth-order valence-corrected chi connectivity index (χ4v) is 2.80. The fraction of sp³-hybridized carbons (Fsp3) is 0.143. The van der Waals surface area contributed by atoms with Gasteiger partial charge in [0.1, 0.15) is 5.75 Å². The van der Waals surface area contributed by atoms with E-state index in [-0.39, 0.29) is 0 Å². The van der Waals surface area contributed by atoms with Crippen molar-refractivity contribution in [2.45, 2.75) is 10.6 Å². The van der Waals surface area contributed by atoms with Gasteiger partial charge in [0.2, 0.25) is 0 Å². The highest BCUT2D eigenvalue weighted by Crippen LogP contribution is 2.18. The van der Waals surface area contributed by atoms with Gasteiger partial charge in [0.05, 0.1) is 23.7 Å². The van der Waals surface area contributed by atoms with Crippen LogP contribution >= 0.6 is 0 Å². The highest BCUT2D eigenvalue weighted by Gasteiger charge is 2.06. The third-order valence-corrected chi connectivity index (χ3v) is 3.93. The van der Waals surface area contributed by atoms with Crippen LogP contribution in [-0.4, -0.2) is 11.3 Å². The van der Waals surface area contributed by atoms with Gasteiger partial charge in [-0.25, -0.2) is 0 Å². The van der Waals surface area contributed by atoms with Crippen LogP contribution in [0.1, 0.15) is 5.56 Å². The van der Waals surface area contributed by atoms with Crippen LogP contribution in [0.25, 0.3) is 0 Å². The molecule has 0 saturated carbocycles. The maximum atomic E-state index is 12.2. The minimum atomic E-state index is -1.09. The minimum Gasteiger partial charge on any atom is -0.497 e. The van der Waals surface area contributed by atoms with Crippen LogP contribution in [0.5, 0.6) is 5.75 Å². The Balaban J connectivity index is 2.16. The number of ether oxygens (including phenoxy) is 1. The van der Waals surface area contributed by atoms with E-state index < -0.39 is 10.8 Å². The summed E-state index contributed by atoms with van der Waals surface area (Å²) in [5, 5.41) is 0. The molecule has 0 aromatic heterocycles. The number of rotatable bonds is 4. The molecular formula is C14H15NO2S. The van der Waals surface area contributed by atoms with Crippen molar-refractivity contribution in [2.75, 3.05) is 12.8 Å². The maximum Gasteiger partial charge on any atom is 0.119 e. The lowest BCUT2D eigenvalue weighted by Crippen LogP contribution is -1.98. The third kappa shape index (κ3) is 3.11. The summed E-state index contributed by atoms with van der Waals surface area (Å²) in [7, 11) is 0.529. The Morgan fingerprint density at radius 2 is 1.94 bits per heavy atom. The predicted molar refractivity (Wildman–Crippen MR) is 74.0 cm³/mol. The largest absolute Gasteiger partial charge is 0.497 e. The highest BCUT2D eigenvalue weighted by molar-refractivity contribution is 7.84. The zero-order chi connectivity index (χ0) is 13.0. The molecule has 94 valence electrons. The molecule has 0 aliphatic carbocycles. The van der Waals surface area contributed by atoms with Crippen molar-refractivity contribution in [1.29, 1.82) is 0 Å². The summed E-state index contributed by atoms with van der Waals surface area (Å²) in [5.41, 5.74) is 7.29. The van der Waals surface area contributed by atoms with Gasteiger partial charge in [0, 0.05) is 10.6 Å². The van der Waals surface area contributed by atoms with Crippen molar-refractivity contribution in [3.63, 3.8) is 0 Å². The molecule has 18 heavy (non-hydrogen) atoms. The van der Waals surface area contributed by atoms with Crippen LogP contribution in [0.15, 0.2) is 53.4 Å². The van der Waals surface area contributed by atoms with Gasteiger partial charge in [-0.3, -0.25) is 4.21 Å². The molecule has 3 nitrogen and oxygen atoms in total. The Kier molecular flexibility index (Phi) is 3.99. The molecule has 0 bridgehead atoms. The zero-order valence-corrected chi connectivity index (χ0v) is 10.9. The monoisotopic (exact) mass is 261 g/mol. The molecule has 0 amide bonds. The van der Waals surface area contributed by atoms with Gasteiger partial charge in [-0.1, -0.05) is 18.2 Å². The average Bonchev–Trinajstić information content (AvgIpc) is 2.39. The molecule has 2 N–H and O–H groups in total. The first-order valence-corrected chi connectivity index (χ1v) is 6.88. The molecule has 1 unspecified atom stereocenters. The fourth-order valence-electron chi connectivity index (χ4n) is 1.65. The number of methoxy groups -OCH3 is 1. The Bertz CT molecular complexity index is 569. The van der Waals surface area contributed by atoms with Crippen molar-refractivity contribution in [1.82, 2.24) is 0 Å². The smallest absolute Gasteiger partial charge is 0.119 e. The van der Waals surface area contributed by atoms with Crippen LogP contribution in [-0.2, 0) is 16.6 Å². The average molecular weight is 261 g/mol. The molecule has 2 aromatic rings. The van der Waals surface area contributed by atoms with E-state index in [0.29, 0.717) is 11.4 Å². The van der Waals surface area contributed by atoms with Gasteiger partial charge in [0.15, 0.2) is 0 Å². The summed E-state index contributed by atoms with van der Waals surface area (Å²) >= 11 is 0. The van der Waals surface area contributed by atoms with Crippen molar-refractivity contribution in [2.24, 2.45) is 0 Å². The number of hydrogen-bond donors (Lipinski definition) is 1. The molecule has 2 aromatic carbocycles. The van der Waals surface area contributed by atoms with Crippen LogP contribution < -0.4 is 10.5 Å². The van der Waals surface area contributed by atoms with Gasteiger partial charge in [-0.15, -0.1) is 0 Å². The summed E-state index contributed by atoms with van der Waals surface area (Å²) in [4.78, 5) is 0.748. The first-order chi connectivity index (χ1) is 8.69. The maximum absolute atomic E-state index is 12.2. The standard InChI is InChI=1S/C14H15NO2S/c1-17-13-6-2-4-11(8-13)10-18(16)14-7-3-5-12(15)9-14/h2-9H,10,15H2,1H3. The highest BCUT2D eigenvalue weighted by atomic mass is 32.2. The Morgan fingerprint density at radius 1 is 1.17 bits per heavy atom. The summed E-state index contributed by atoms with van der Waals surface area (Å²) in [6.45, 7) is 0. The van der Waals surface area contributed by atoms with Crippen molar-refractivity contribution in [3.05, 3.63) is 54.1 Å². The quantitative estimate of drug-likeness (QED) is 0.861. The second kappa shape index (κ2) is 5.69. The Morgan fingerprint density at radius 3 is 2.67 bits per heavy atom. The molecule has 0 heterocycles. The normalized spacial score (nSPS) is 12.1. The van der Waals surface area contributed by atoms with E-state index in [0.717, 1.165) is 16.2 Å². The van der Waals surface area contributed by atoms with E-state index >= 15 is 0 Å². The van der Waals surface area contributed by atoms with Crippen LogP contribution in [0.3, 0.4) is 0 Å². The van der Waals surface area contributed by atoms with Gasteiger partial charge < -0.3 is 10.5 Å². The zero-order valence-electron chi connectivity index (χ0n) is 10.1. The van der Waals surface area contributed by atoms with Crippen LogP contribution in [0.2, 0.25) is 0 Å². The minimum absolute atomic E-state index is 0.459. The number of anilines is 1. The van der Waals surface area contributed by atoms with E-state index in [1.807, 2.05) is 36.4 Å². The predicted octanol–water partition coefficient (Wildman–Crippen LogP) is 2.59. The Labute approximate surface area is 109 Å². The molecule has 0 radical (unpaired) electrons. The lowest BCUT2D eigenvalue weighted by molar-refractivity contribution is 0.414. The number of nitrogen functional groups attached to an aromatic ring is 1. The van der Waals surface area contributed by atoms with E-state index in [4.69, 9.17) is 10.5 Å². The van der Waals surface area contributed by atoms with E-state index in [9.17, 15) is 4.21 Å². The first-order valence-electron chi connectivity index (χ1n) is 5.56. The summed E-state index contributed by atoms with van der Waals surface area (Å²) < 4.78 is 17.3. The SMILES string of the molecule is COc1cccc(CS(=O)c2cccc(N)c2)c1. The van der Waals surface area contributed by atoms with Crippen LogP contribution in [0, 0.1) is 0 Å². The van der Waals surface area contributed by atoms with E-state index in [1.54, 1.807) is 19.2 Å². The van der Waals surface area contributed by atoms with Gasteiger partial charge in [0.25, 0.3) is 0 Å². The summed E-state index contributed by atoms with van der Waals surface area (Å²) in [6, 6.07) is 14.8. The molecule has 2 rings (SSSR count). The molecule has 0 aliphatic rings. The number of benzene rings is 2. The lowest BCUT2D eigenvalue weighted by Gasteiger charge is -2.05. The Hall–Kier alpha value is -1.81. The second-order valence-electron chi connectivity index (χ2n) is 3.91. The molecule has 0 aliphatic heterocycles. The van der Waals surface area contributed by atoms with E-state index in [1.165, 1.54) is 0 Å². The first kappa shape index (κ1) is 12.6. The summed E-state index contributed by atoms with van der Waals surface area (Å²) in [6.07, 6.45) is 0.